The molecule has 0 aliphatic rings. The number of carbonyl (C=O) groups is 2. The molecule has 2 atom stereocenters. The lowest BCUT2D eigenvalue weighted by Gasteiger charge is -2.20. The summed E-state index contributed by atoms with van der Waals surface area (Å²) in [7, 11) is 0. The zero-order valence-electron chi connectivity index (χ0n) is 44.9. The average Bonchev–Trinajstić information content (AvgIpc) is 3.33. The molecule has 0 saturated carbocycles. The third-order valence-electron chi connectivity index (χ3n) is 13.7. The Morgan fingerprint density at radius 3 is 1.10 bits per heavy atom. The van der Waals surface area contributed by atoms with Crippen LogP contribution < -0.4 is 5.32 Å². The van der Waals surface area contributed by atoms with Gasteiger partial charge in [-0.25, -0.2) is 0 Å². The molecular formula is C61H115NO5. The highest BCUT2D eigenvalue weighted by Crippen LogP contribution is 2.17. The lowest BCUT2D eigenvalue weighted by molar-refractivity contribution is -0.143. The number of rotatable bonds is 55. The molecule has 2 unspecified atom stereocenters. The first-order valence-corrected chi connectivity index (χ1v) is 29.8. The van der Waals surface area contributed by atoms with E-state index < -0.39 is 12.1 Å². The Bertz CT molecular complexity index is 1090. The maximum atomic E-state index is 12.5. The van der Waals surface area contributed by atoms with Crippen molar-refractivity contribution in [1.29, 1.82) is 0 Å². The number of nitrogens with one attached hydrogen (secondary N) is 1. The van der Waals surface area contributed by atoms with Gasteiger partial charge >= 0.3 is 5.97 Å². The van der Waals surface area contributed by atoms with Crippen LogP contribution in [0.4, 0.5) is 0 Å². The van der Waals surface area contributed by atoms with Gasteiger partial charge in [0, 0.05) is 12.8 Å². The summed E-state index contributed by atoms with van der Waals surface area (Å²) in [4.78, 5) is 24.5. The second kappa shape index (κ2) is 56.7. The molecule has 0 saturated heterocycles. The fourth-order valence-electron chi connectivity index (χ4n) is 9.10. The highest BCUT2D eigenvalue weighted by molar-refractivity contribution is 5.76. The molecule has 0 aliphatic carbocycles. The van der Waals surface area contributed by atoms with Crippen LogP contribution >= 0.6 is 0 Å². The van der Waals surface area contributed by atoms with E-state index in [1.54, 1.807) is 6.08 Å². The number of amides is 1. The Morgan fingerprint density at radius 2 is 0.731 bits per heavy atom. The van der Waals surface area contributed by atoms with E-state index in [0.29, 0.717) is 19.4 Å². The first-order valence-electron chi connectivity index (χ1n) is 29.8. The number of esters is 1. The second-order valence-electron chi connectivity index (χ2n) is 20.4. The Morgan fingerprint density at radius 1 is 0.418 bits per heavy atom. The van der Waals surface area contributed by atoms with Crippen LogP contribution in [0.2, 0.25) is 0 Å². The van der Waals surface area contributed by atoms with Gasteiger partial charge in [0.25, 0.3) is 0 Å². The van der Waals surface area contributed by atoms with E-state index >= 15 is 0 Å². The van der Waals surface area contributed by atoms with Crippen LogP contribution in [0, 0.1) is 0 Å². The lowest BCUT2D eigenvalue weighted by Crippen LogP contribution is -2.45. The standard InChI is InChI=1S/C61H115NO5/c1-3-5-7-9-11-13-15-17-19-21-22-23-25-29-33-37-41-45-49-53-59(64)58(57-63)62-60(65)54-50-46-42-38-34-30-26-24-28-32-36-40-44-48-52-56-67-61(66)55-51-47-43-39-35-31-27-20-18-16-14-12-10-8-6-4-2/h24,28,32,36,49,53,58-59,63-64H,3-23,25-27,29-31,33-35,37-48,50-52,54-57H2,1-2H3,(H,62,65)/b28-24-,36-32-,53-49+. The number of carbonyl (C=O) groups excluding carboxylic acids is 2. The van der Waals surface area contributed by atoms with Crippen LogP contribution in [0.25, 0.3) is 0 Å². The topological polar surface area (TPSA) is 95.9 Å². The summed E-state index contributed by atoms with van der Waals surface area (Å²) in [5, 5.41) is 23.1. The maximum Gasteiger partial charge on any atom is 0.305 e. The minimum absolute atomic E-state index is 0.0193. The second-order valence-corrected chi connectivity index (χ2v) is 20.4. The number of hydrogen-bond donors (Lipinski definition) is 3. The summed E-state index contributed by atoms with van der Waals surface area (Å²) < 4.78 is 5.46. The van der Waals surface area contributed by atoms with Gasteiger partial charge in [-0.15, -0.1) is 0 Å². The summed E-state index contributed by atoms with van der Waals surface area (Å²) in [6, 6.07) is -0.645. The lowest BCUT2D eigenvalue weighted by atomic mass is 10.0. The van der Waals surface area contributed by atoms with Gasteiger partial charge in [0.15, 0.2) is 0 Å². The minimum atomic E-state index is -0.859. The average molecular weight is 943 g/mol. The van der Waals surface area contributed by atoms with Crippen molar-refractivity contribution in [3.63, 3.8) is 0 Å². The van der Waals surface area contributed by atoms with Gasteiger partial charge in [0.1, 0.15) is 0 Å². The summed E-state index contributed by atoms with van der Waals surface area (Å²) in [6.07, 6.45) is 70.3. The van der Waals surface area contributed by atoms with E-state index in [0.717, 1.165) is 77.0 Å². The third kappa shape index (κ3) is 53.3. The first kappa shape index (κ1) is 65.1. The predicted molar refractivity (Wildman–Crippen MR) is 292 cm³/mol. The zero-order valence-corrected chi connectivity index (χ0v) is 44.9. The molecule has 0 radical (unpaired) electrons. The highest BCUT2D eigenvalue weighted by Gasteiger charge is 2.18. The summed E-state index contributed by atoms with van der Waals surface area (Å²) in [5.74, 6) is -0.108. The van der Waals surface area contributed by atoms with Crippen LogP contribution in [0.15, 0.2) is 36.5 Å². The largest absolute Gasteiger partial charge is 0.466 e. The SMILES string of the molecule is CCCCCCCCCCCCCCCCCCC/C=C/C(O)C(CO)NC(=O)CCCCCCCC/C=C\C=C/CCCCCOC(=O)CCCCCCCCCCCCCCCCCC. The first-order chi connectivity index (χ1) is 33.0. The normalized spacial score (nSPS) is 12.8. The van der Waals surface area contributed by atoms with Gasteiger partial charge < -0.3 is 20.3 Å². The molecule has 0 bridgehead atoms. The van der Waals surface area contributed by atoms with Gasteiger partial charge in [-0.1, -0.05) is 275 Å². The van der Waals surface area contributed by atoms with Crippen molar-refractivity contribution in [2.24, 2.45) is 0 Å². The van der Waals surface area contributed by atoms with Gasteiger partial charge in [-0.05, 0) is 64.2 Å². The number of unbranched alkanes of at least 4 members (excludes halogenated alkanes) is 41. The van der Waals surface area contributed by atoms with E-state index in [4.69, 9.17) is 4.74 Å². The van der Waals surface area contributed by atoms with Crippen LogP contribution in [0.5, 0.6) is 0 Å². The molecular weight excluding hydrogens is 827 g/mol. The Labute approximate surface area is 417 Å². The fraction of sp³-hybridized carbons (Fsp3) is 0.869. The molecule has 0 aliphatic heterocycles. The minimum Gasteiger partial charge on any atom is -0.466 e. The molecule has 0 spiro atoms. The Kier molecular flexibility index (Phi) is 55.0. The molecule has 67 heavy (non-hydrogen) atoms. The summed E-state index contributed by atoms with van der Waals surface area (Å²) >= 11 is 0. The van der Waals surface area contributed by atoms with Crippen molar-refractivity contribution in [3.8, 4) is 0 Å². The summed E-state index contributed by atoms with van der Waals surface area (Å²) in [6.45, 7) is 4.87. The molecule has 0 rings (SSSR count). The smallest absolute Gasteiger partial charge is 0.305 e. The molecule has 1 amide bonds. The molecule has 0 aromatic rings. The van der Waals surface area contributed by atoms with Gasteiger partial charge in [-0.2, -0.15) is 0 Å². The van der Waals surface area contributed by atoms with Crippen molar-refractivity contribution in [2.75, 3.05) is 13.2 Å². The highest BCUT2D eigenvalue weighted by atomic mass is 16.5. The molecule has 394 valence electrons. The van der Waals surface area contributed by atoms with E-state index in [-0.39, 0.29) is 18.5 Å². The molecule has 3 N–H and O–H groups in total. The van der Waals surface area contributed by atoms with Crippen molar-refractivity contribution in [3.05, 3.63) is 36.5 Å². The number of aliphatic hydroxyl groups excluding tert-OH is 2. The molecule has 6 nitrogen and oxygen atoms in total. The zero-order chi connectivity index (χ0) is 48.6. The van der Waals surface area contributed by atoms with E-state index in [1.165, 1.54) is 212 Å². The number of ether oxygens (including phenoxy) is 1. The molecule has 0 fully saturated rings. The molecule has 0 heterocycles. The predicted octanol–water partition coefficient (Wildman–Crippen LogP) is 18.4. The Hall–Kier alpha value is -1.92. The van der Waals surface area contributed by atoms with E-state index in [1.807, 2.05) is 6.08 Å². The molecule has 6 heteroatoms. The van der Waals surface area contributed by atoms with Crippen LogP contribution in [0.3, 0.4) is 0 Å². The quantitative estimate of drug-likeness (QED) is 0.0244. The van der Waals surface area contributed by atoms with Crippen molar-refractivity contribution in [1.82, 2.24) is 5.32 Å². The van der Waals surface area contributed by atoms with Crippen LogP contribution in [0.1, 0.15) is 316 Å². The molecule has 0 aromatic carbocycles. The van der Waals surface area contributed by atoms with Crippen molar-refractivity contribution < 1.29 is 24.5 Å². The van der Waals surface area contributed by atoms with Crippen molar-refractivity contribution >= 4 is 11.9 Å². The van der Waals surface area contributed by atoms with Crippen molar-refractivity contribution in [2.45, 2.75) is 328 Å². The van der Waals surface area contributed by atoms with Gasteiger partial charge in [0.05, 0.1) is 25.4 Å². The van der Waals surface area contributed by atoms with E-state index in [2.05, 4.69) is 43.5 Å². The molecule has 0 aromatic heterocycles. The number of aliphatic hydroxyl groups is 2. The van der Waals surface area contributed by atoms with Gasteiger partial charge in [0.2, 0.25) is 5.91 Å². The summed E-state index contributed by atoms with van der Waals surface area (Å²) in [5.41, 5.74) is 0. The Balaban J connectivity index is 3.53. The van der Waals surface area contributed by atoms with Crippen LogP contribution in [-0.4, -0.2) is 47.4 Å². The third-order valence-corrected chi connectivity index (χ3v) is 13.7. The monoisotopic (exact) mass is 942 g/mol. The van der Waals surface area contributed by atoms with E-state index in [9.17, 15) is 19.8 Å². The number of allylic oxidation sites excluding steroid dienone is 5. The number of hydrogen-bond acceptors (Lipinski definition) is 5. The van der Waals surface area contributed by atoms with Gasteiger partial charge in [-0.3, -0.25) is 9.59 Å². The fourth-order valence-corrected chi connectivity index (χ4v) is 9.10. The van der Waals surface area contributed by atoms with Crippen LogP contribution in [-0.2, 0) is 14.3 Å². The maximum absolute atomic E-state index is 12.5.